The quantitative estimate of drug-likeness (QED) is 0.250. The largest absolute Gasteiger partial charge is 0.493 e. The van der Waals surface area contributed by atoms with E-state index in [2.05, 4.69) is 0 Å². The van der Waals surface area contributed by atoms with Crippen molar-refractivity contribution in [1.82, 2.24) is 0 Å². The standard InChI is InChI=1S/C24H21O6Si/c1-31(28)12-4-11-29-16-8-10-20-22(14-16)30-21-13-15(25)7-9-19(21)23(20)17-5-2-3-6-18(17)24(26)27/h2-3,5-10,13-14,28H,4,11-12H2,1H3,(H,26,27). The molecule has 0 amide bonds. The van der Waals surface area contributed by atoms with Gasteiger partial charge in [-0.2, -0.15) is 0 Å². The molecule has 2 N–H and O–H groups in total. The van der Waals surface area contributed by atoms with Gasteiger partial charge < -0.3 is 19.1 Å². The van der Waals surface area contributed by atoms with Crippen LogP contribution in [0.3, 0.4) is 0 Å². The van der Waals surface area contributed by atoms with Gasteiger partial charge in [0.1, 0.15) is 17.1 Å². The first-order chi connectivity index (χ1) is 14.9. The SMILES string of the molecule is C[Si](O)CCCOc1ccc2c(-c3ccccc3C(=O)O)c3ccc(=O)cc-3oc2c1. The van der Waals surface area contributed by atoms with E-state index in [1.54, 1.807) is 36.4 Å². The molecule has 0 spiro atoms. The summed E-state index contributed by atoms with van der Waals surface area (Å²) in [5, 5.41) is 10.4. The summed E-state index contributed by atoms with van der Waals surface area (Å²) in [7, 11) is -1.27. The lowest BCUT2D eigenvalue weighted by molar-refractivity contribution is 0.0697. The normalized spacial score (nSPS) is 11.3. The monoisotopic (exact) mass is 433 g/mol. The number of hydrogen-bond donors (Lipinski definition) is 2. The summed E-state index contributed by atoms with van der Waals surface area (Å²) in [5.41, 5.74) is 2.38. The van der Waals surface area contributed by atoms with E-state index in [1.165, 1.54) is 12.1 Å². The van der Waals surface area contributed by atoms with Crippen LogP contribution >= 0.6 is 0 Å². The van der Waals surface area contributed by atoms with Gasteiger partial charge in [0, 0.05) is 28.6 Å². The van der Waals surface area contributed by atoms with Gasteiger partial charge >= 0.3 is 5.97 Å². The second-order valence-electron chi connectivity index (χ2n) is 7.33. The van der Waals surface area contributed by atoms with Gasteiger partial charge in [-0.15, -0.1) is 0 Å². The molecule has 1 aliphatic heterocycles. The second kappa shape index (κ2) is 8.75. The van der Waals surface area contributed by atoms with E-state index in [-0.39, 0.29) is 11.0 Å². The van der Waals surface area contributed by atoms with Gasteiger partial charge in [-0.1, -0.05) is 18.2 Å². The third-order valence-electron chi connectivity index (χ3n) is 5.04. The van der Waals surface area contributed by atoms with Gasteiger partial charge in [0.2, 0.25) is 9.04 Å². The molecule has 1 aliphatic carbocycles. The summed E-state index contributed by atoms with van der Waals surface area (Å²) in [5.74, 6) is -0.0428. The molecular formula is C24H21O6Si. The summed E-state index contributed by atoms with van der Waals surface area (Å²) < 4.78 is 11.8. The molecule has 0 atom stereocenters. The Bertz CT molecular complexity index is 1280. The maximum absolute atomic E-state index is 11.9. The van der Waals surface area contributed by atoms with Crippen molar-refractivity contribution < 1.29 is 23.9 Å². The number of fused-ring (bicyclic) bond motifs is 2. The Hall–Kier alpha value is -3.42. The molecule has 157 valence electrons. The van der Waals surface area contributed by atoms with E-state index in [4.69, 9.17) is 9.15 Å². The van der Waals surface area contributed by atoms with Crippen LogP contribution in [0.2, 0.25) is 12.6 Å². The molecule has 6 nitrogen and oxygen atoms in total. The van der Waals surface area contributed by atoms with Gasteiger partial charge in [-0.25, -0.2) is 4.79 Å². The Morgan fingerprint density at radius 1 is 1.06 bits per heavy atom. The highest BCUT2D eigenvalue weighted by Crippen LogP contribution is 2.41. The van der Waals surface area contributed by atoms with Gasteiger partial charge in [0.05, 0.1) is 12.2 Å². The zero-order valence-electron chi connectivity index (χ0n) is 16.9. The molecule has 0 unspecified atom stereocenters. The van der Waals surface area contributed by atoms with E-state index in [0.717, 1.165) is 17.9 Å². The van der Waals surface area contributed by atoms with Crippen molar-refractivity contribution in [1.29, 1.82) is 0 Å². The van der Waals surface area contributed by atoms with E-state index in [0.29, 0.717) is 40.4 Å². The van der Waals surface area contributed by atoms with Crippen molar-refractivity contribution in [2.24, 2.45) is 0 Å². The number of aromatic carboxylic acids is 1. The number of benzene rings is 3. The summed E-state index contributed by atoms with van der Waals surface area (Å²) in [4.78, 5) is 33.3. The molecule has 2 aromatic rings. The highest BCUT2D eigenvalue weighted by atomic mass is 28.3. The number of hydrogen-bond acceptors (Lipinski definition) is 5. The molecule has 0 fully saturated rings. The topological polar surface area (TPSA) is 97.0 Å². The molecule has 7 heteroatoms. The van der Waals surface area contributed by atoms with Crippen LogP contribution in [0.1, 0.15) is 16.8 Å². The minimum atomic E-state index is -1.27. The van der Waals surface area contributed by atoms with Gasteiger partial charge in [0.25, 0.3) is 0 Å². The van der Waals surface area contributed by atoms with Crippen molar-refractivity contribution in [3.8, 4) is 28.2 Å². The maximum atomic E-state index is 11.9. The molecule has 2 aliphatic rings. The fraction of sp³-hybridized carbons (Fsp3) is 0.167. The van der Waals surface area contributed by atoms with Crippen LogP contribution in [0.5, 0.6) is 5.75 Å². The van der Waals surface area contributed by atoms with E-state index in [1.807, 2.05) is 18.7 Å². The first-order valence-corrected chi connectivity index (χ1v) is 12.1. The predicted molar refractivity (Wildman–Crippen MR) is 120 cm³/mol. The van der Waals surface area contributed by atoms with E-state index < -0.39 is 15.0 Å². The summed E-state index contributed by atoms with van der Waals surface area (Å²) in [6.07, 6.45) is 0.755. The van der Waals surface area contributed by atoms with Gasteiger partial charge in [0.15, 0.2) is 5.43 Å². The molecule has 31 heavy (non-hydrogen) atoms. The van der Waals surface area contributed by atoms with Crippen LogP contribution in [-0.2, 0) is 0 Å². The molecule has 0 aromatic heterocycles. The minimum Gasteiger partial charge on any atom is -0.493 e. The highest BCUT2D eigenvalue weighted by molar-refractivity contribution is 6.48. The Morgan fingerprint density at radius 2 is 1.87 bits per heavy atom. The summed E-state index contributed by atoms with van der Waals surface area (Å²) in [6, 6.07) is 17.4. The molecule has 1 radical (unpaired) electrons. The van der Waals surface area contributed by atoms with Gasteiger partial charge in [-0.3, -0.25) is 4.79 Å². The fourth-order valence-electron chi connectivity index (χ4n) is 3.64. The first kappa shape index (κ1) is 20.8. The third kappa shape index (κ3) is 4.37. The summed E-state index contributed by atoms with van der Waals surface area (Å²) in [6.45, 7) is 2.31. The molecule has 0 saturated heterocycles. The fourth-order valence-corrected chi connectivity index (χ4v) is 4.29. The Morgan fingerprint density at radius 3 is 2.65 bits per heavy atom. The van der Waals surface area contributed by atoms with Crippen LogP contribution in [0.4, 0.5) is 0 Å². The molecule has 0 saturated carbocycles. The zero-order valence-corrected chi connectivity index (χ0v) is 17.9. The van der Waals surface area contributed by atoms with Crippen molar-refractivity contribution in [2.45, 2.75) is 19.0 Å². The highest BCUT2D eigenvalue weighted by Gasteiger charge is 2.21. The second-order valence-corrected chi connectivity index (χ2v) is 9.30. The van der Waals surface area contributed by atoms with Crippen molar-refractivity contribution >= 4 is 26.0 Å². The average molecular weight is 434 g/mol. The lowest BCUT2D eigenvalue weighted by Gasteiger charge is -2.17. The number of carbonyl (C=O) groups is 1. The number of carboxylic acid groups (broad SMARTS) is 1. The number of ether oxygens (including phenoxy) is 1. The number of carboxylic acids is 1. The van der Waals surface area contributed by atoms with Crippen molar-refractivity contribution in [3.05, 3.63) is 76.5 Å². The molecular weight excluding hydrogens is 412 g/mol. The average Bonchev–Trinajstić information content (AvgIpc) is 2.74. The van der Waals surface area contributed by atoms with Crippen LogP contribution in [0.15, 0.2) is 69.9 Å². The van der Waals surface area contributed by atoms with E-state index >= 15 is 0 Å². The predicted octanol–water partition coefficient (Wildman–Crippen LogP) is 4.65. The molecule has 0 bridgehead atoms. The smallest absolute Gasteiger partial charge is 0.336 e. The zero-order chi connectivity index (χ0) is 22.0. The van der Waals surface area contributed by atoms with Crippen LogP contribution in [0.25, 0.3) is 33.4 Å². The first-order valence-electron chi connectivity index (χ1n) is 9.91. The molecule has 4 rings (SSSR count). The van der Waals surface area contributed by atoms with Gasteiger partial charge in [-0.05, 0) is 54.9 Å². The van der Waals surface area contributed by atoms with Crippen molar-refractivity contribution in [2.75, 3.05) is 6.61 Å². The molecule has 2 aromatic carbocycles. The minimum absolute atomic E-state index is 0.170. The van der Waals surface area contributed by atoms with Crippen LogP contribution in [0, 0.1) is 0 Å². The Balaban J connectivity index is 1.88. The van der Waals surface area contributed by atoms with Crippen LogP contribution in [-0.4, -0.2) is 31.5 Å². The third-order valence-corrected chi connectivity index (χ3v) is 6.12. The summed E-state index contributed by atoms with van der Waals surface area (Å²) >= 11 is 0. The van der Waals surface area contributed by atoms with E-state index in [9.17, 15) is 19.5 Å². The lowest BCUT2D eigenvalue weighted by atomic mass is 9.91. The molecule has 1 heterocycles. The Labute approximate surface area is 180 Å². The van der Waals surface area contributed by atoms with Crippen LogP contribution < -0.4 is 10.2 Å². The van der Waals surface area contributed by atoms with Crippen molar-refractivity contribution in [3.63, 3.8) is 0 Å². The Kier molecular flexibility index (Phi) is 5.88. The lowest BCUT2D eigenvalue weighted by Crippen LogP contribution is -2.07. The maximum Gasteiger partial charge on any atom is 0.336 e. The number of rotatable bonds is 7.